The number of carboxylic acid groups (broad SMARTS) is 1. The number of sulfonamides is 1. The second-order valence-electron chi connectivity index (χ2n) is 6.28. The van der Waals surface area contributed by atoms with E-state index in [0.29, 0.717) is 12.1 Å². The Morgan fingerprint density at radius 2 is 1.92 bits per heavy atom. The fraction of sp³-hybridized carbons (Fsp3) is 0.278. The number of rotatable bonds is 3. The van der Waals surface area contributed by atoms with Gasteiger partial charge in [0, 0.05) is 12.1 Å². The molecule has 2 aromatic carbocycles. The van der Waals surface area contributed by atoms with Crippen molar-refractivity contribution in [1.82, 2.24) is 0 Å². The normalized spacial score (nSPS) is 18.5. The van der Waals surface area contributed by atoms with E-state index in [-0.39, 0.29) is 41.2 Å². The Bertz CT molecular complexity index is 1000. The second kappa shape index (κ2) is 5.91. The average molecular weight is 375 g/mol. The van der Waals surface area contributed by atoms with E-state index in [1.807, 2.05) is 19.1 Å². The highest BCUT2D eigenvalue weighted by molar-refractivity contribution is 7.92. The Balaban J connectivity index is 1.87. The molecule has 2 heterocycles. The molecular weight excluding hydrogens is 358 g/mol. The van der Waals surface area contributed by atoms with E-state index in [1.165, 1.54) is 10.4 Å². The minimum Gasteiger partial charge on any atom is -0.486 e. The molecule has 0 aliphatic carbocycles. The van der Waals surface area contributed by atoms with E-state index in [2.05, 4.69) is 0 Å². The first-order valence-electron chi connectivity index (χ1n) is 8.19. The maximum atomic E-state index is 13.3. The van der Waals surface area contributed by atoms with E-state index in [1.54, 1.807) is 12.1 Å². The zero-order valence-corrected chi connectivity index (χ0v) is 14.8. The van der Waals surface area contributed by atoms with Crippen molar-refractivity contribution in [2.75, 3.05) is 17.5 Å². The molecule has 1 atom stereocenters. The van der Waals surface area contributed by atoms with Gasteiger partial charge >= 0.3 is 5.97 Å². The van der Waals surface area contributed by atoms with Crippen LogP contribution in [0, 0.1) is 0 Å². The standard InChI is InChI=1S/C18H17NO6S/c1-11-8-12-4-2-3-5-15(12)19(11)26(22,23)13-9-14(18(20)21)17-16(10-13)24-6-7-25-17/h2-5,9-11H,6-8H2,1H3,(H,20,21)/t11-/m1/s1. The first-order chi connectivity index (χ1) is 12.4. The molecule has 8 heteroatoms. The number of carbonyl (C=O) groups is 1. The first-order valence-corrected chi connectivity index (χ1v) is 9.63. The minimum absolute atomic E-state index is 0.0672. The van der Waals surface area contributed by atoms with Crippen molar-refractivity contribution >= 4 is 21.7 Å². The highest BCUT2D eigenvalue weighted by Gasteiger charge is 2.37. The molecule has 0 spiro atoms. The van der Waals surface area contributed by atoms with Gasteiger partial charge in [-0.05, 0) is 31.0 Å². The Labute approximate surface area is 150 Å². The molecule has 2 aliphatic heterocycles. The number of aromatic carboxylic acids is 1. The molecule has 0 radical (unpaired) electrons. The number of nitrogens with zero attached hydrogens (tertiary/aromatic N) is 1. The fourth-order valence-corrected chi connectivity index (χ4v) is 5.19. The number of benzene rings is 2. The number of para-hydroxylation sites is 1. The van der Waals surface area contributed by atoms with Gasteiger partial charge in [0.15, 0.2) is 11.5 Å². The molecule has 2 aromatic rings. The first kappa shape index (κ1) is 16.7. The smallest absolute Gasteiger partial charge is 0.339 e. The maximum absolute atomic E-state index is 13.3. The van der Waals surface area contributed by atoms with Crippen molar-refractivity contribution in [3.63, 3.8) is 0 Å². The summed E-state index contributed by atoms with van der Waals surface area (Å²) < 4.78 is 38.8. The summed E-state index contributed by atoms with van der Waals surface area (Å²) in [5.74, 6) is -1.06. The van der Waals surface area contributed by atoms with Crippen molar-refractivity contribution in [1.29, 1.82) is 0 Å². The van der Waals surface area contributed by atoms with Crippen LogP contribution in [0.15, 0.2) is 41.3 Å². The third-order valence-electron chi connectivity index (χ3n) is 4.55. The van der Waals surface area contributed by atoms with Gasteiger partial charge in [-0.1, -0.05) is 18.2 Å². The van der Waals surface area contributed by atoms with E-state index in [9.17, 15) is 18.3 Å². The average Bonchev–Trinajstić information content (AvgIpc) is 2.96. The molecule has 0 aromatic heterocycles. The lowest BCUT2D eigenvalue weighted by Gasteiger charge is -2.26. The molecule has 0 bridgehead atoms. The van der Waals surface area contributed by atoms with Gasteiger partial charge in [-0.2, -0.15) is 0 Å². The van der Waals surface area contributed by atoms with Crippen LogP contribution in [0.1, 0.15) is 22.8 Å². The van der Waals surface area contributed by atoms with Crippen LogP contribution >= 0.6 is 0 Å². The number of ether oxygens (including phenoxy) is 2. The summed E-state index contributed by atoms with van der Waals surface area (Å²) in [5, 5.41) is 9.46. The van der Waals surface area contributed by atoms with Crippen molar-refractivity contribution in [2.24, 2.45) is 0 Å². The molecular formula is C18H17NO6S. The fourth-order valence-electron chi connectivity index (χ4n) is 3.45. The number of carboxylic acids is 1. The van der Waals surface area contributed by atoms with Gasteiger partial charge in [0.05, 0.1) is 10.6 Å². The van der Waals surface area contributed by atoms with Crippen LogP contribution in [0.5, 0.6) is 11.5 Å². The second-order valence-corrected chi connectivity index (χ2v) is 8.10. The summed E-state index contributed by atoms with van der Waals surface area (Å²) in [6.07, 6.45) is 0.603. The molecule has 0 saturated heterocycles. The van der Waals surface area contributed by atoms with Gasteiger partial charge in [0.1, 0.15) is 18.8 Å². The van der Waals surface area contributed by atoms with Gasteiger partial charge in [0.2, 0.25) is 0 Å². The van der Waals surface area contributed by atoms with Crippen molar-refractivity contribution < 1.29 is 27.8 Å². The van der Waals surface area contributed by atoms with Crippen molar-refractivity contribution in [3.05, 3.63) is 47.5 Å². The van der Waals surface area contributed by atoms with Crippen LogP contribution in [0.25, 0.3) is 0 Å². The molecule has 0 fully saturated rings. The Morgan fingerprint density at radius 1 is 1.19 bits per heavy atom. The minimum atomic E-state index is -3.96. The predicted molar refractivity (Wildman–Crippen MR) is 93.7 cm³/mol. The summed E-state index contributed by atoms with van der Waals surface area (Å²) >= 11 is 0. The van der Waals surface area contributed by atoms with Crippen molar-refractivity contribution in [2.45, 2.75) is 24.3 Å². The summed E-state index contributed by atoms with van der Waals surface area (Å²) in [7, 11) is -3.96. The van der Waals surface area contributed by atoms with Crippen LogP contribution in [-0.2, 0) is 16.4 Å². The number of hydrogen-bond donors (Lipinski definition) is 1. The topological polar surface area (TPSA) is 93.1 Å². The van der Waals surface area contributed by atoms with Crippen LogP contribution in [0.3, 0.4) is 0 Å². The zero-order valence-electron chi connectivity index (χ0n) is 14.0. The van der Waals surface area contributed by atoms with Gasteiger partial charge in [-0.3, -0.25) is 4.31 Å². The van der Waals surface area contributed by atoms with E-state index >= 15 is 0 Å². The maximum Gasteiger partial charge on any atom is 0.339 e. The third-order valence-corrected chi connectivity index (χ3v) is 6.45. The summed E-state index contributed by atoms with van der Waals surface area (Å²) in [5.41, 5.74) is 1.34. The lowest BCUT2D eigenvalue weighted by molar-refractivity contribution is 0.0685. The highest BCUT2D eigenvalue weighted by atomic mass is 32.2. The van der Waals surface area contributed by atoms with Crippen molar-refractivity contribution in [3.8, 4) is 11.5 Å². The van der Waals surface area contributed by atoms with Crippen LogP contribution < -0.4 is 13.8 Å². The van der Waals surface area contributed by atoms with E-state index in [0.717, 1.165) is 11.6 Å². The molecule has 4 rings (SSSR count). The zero-order chi connectivity index (χ0) is 18.5. The molecule has 1 N–H and O–H groups in total. The van der Waals surface area contributed by atoms with Gasteiger partial charge in [-0.25, -0.2) is 13.2 Å². The molecule has 0 unspecified atom stereocenters. The lowest BCUT2D eigenvalue weighted by atomic mass is 10.1. The molecule has 2 aliphatic rings. The Hall–Kier alpha value is -2.74. The predicted octanol–water partition coefficient (Wildman–Crippen LogP) is 2.30. The number of anilines is 1. The third kappa shape index (κ3) is 2.48. The Morgan fingerprint density at radius 3 is 2.69 bits per heavy atom. The van der Waals surface area contributed by atoms with Gasteiger partial charge < -0.3 is 14.6 Å². The lowest BCUT2D eigenvalue weighted by Crippen LogP contribution is -2.36. The monoisotopic (exact) mass is 375 g/mol. The molecule has 26 heavy (non-hydrogen) atoms. The number of hydrogen-bond acceptors (Lipinski definition) is 5. The summed E-state index contributed by atoms with van der Waals surface area (Å²) in [6, 6.07) is 9.52. The summed E-state index contributed by atoms with van der Waals surface area (Å²) in [4.78, 5) is 11.5. The van der Waals surface area contributed by atoms with Crippen LogP contribution in [0.4, 0.5) is 5.69 Å². The highest BCUT2D eigenvalue weighted by Crippen LogP contribution is 2.41. The quantitative estimate of drug-likeness (QED) is 0.885. The van der Waals surface area contributed by atoms with E-state index < -0.39 is 16.0 Å². The van der Waals surface area contributed by atoms with Crippen LogP contribution in [-0.4, -0.2) is 38.7 Å². The van der Waals surface area contributed by atoms with Gasteiger partial charge in [0.25, 0.3) is 10.0 Å². The Kier molecular flexibility index (Phi) is 3.80. The van der Waals surface area contributed by atoms with E-state index in [4.69, 9.17) is 9.47 Å². The largest absolute Gasteiger partial charge is 0.486 e. The van der Waals surface area contributed by atoms with Gasteiger partial charge in [-0.15, -0.1) is 0 Å². The summed E-state index contributed by atoms with van der Waals surface area (Å²) in [6.45, 7) is 2.28. The molecule has 7 nitrogen and oxygen atoms in total. The molecule has 0 saturated carbocycles. The molecule has 136 valence electrons. The molecule has 0 amide bonds. The SMILES string of the molecule is C[C@@H]1Cc2ccccc2N1S(=O)(=O)c1cc2c(c(C(=O)O)c1)OCCO2. The number of fused-ring (bicyclic) bond motifs is 2. The van der Waals surface area contributed by atoms with Crippen LogP contribution in [0.2, 0.25) is 0 Å².